The zero-order chi connectivity index (χ0) is 10.8. The minimum atomic E-state index is -0.354. The van der Waals surface area contributed by atoms with Crippen molar-refractivity contribution in [1.29, 1.82) is 0 Å². The Kier molecular flexibility index (Phi) is 2.77. The van der Waals surface area contributed by atoms with Crippen LogP contribution >= 0.6 is 0 Å². The first-order valence-corrected chi connectivity index (χ1v) is 5.14. The molecule has 0 bridgehead atoms. The van der Waals surface area contributed by atoms with Crippen LogP contribution in [0.25, 0.3) is 0 Å². The summed E-state index contributed by atoms with van der Waals surface area (Å²) in [5, 5.41) is 12.6. The number of benzene rings is 1. The molecule has 1 atom stereocenters. The van der Waals surface area contributed by atoms with Gasteiger partial charge in [0.25, 0.3) is 0 Å². The minimum Gasteiger partial charge on any atom is -0.397 e. The molecule has 1 aliphatic rings. The first-order chi connectivity index (χ1) is 7.16. The molecular formula is C11H15FN2O. The monoisotopic (exact) mass is 210 g/mol. The van der Waals surface area contributed by atoms with E-state index in [1.807, 2.05) is 0 Å². The van der Waals surface area contributed by atoms with E-state index in [-0.39, 0.29) is 11.9 Å². The number of aliphatic hydroxyl groups excluding tert-OH is 1. The van der Waals surface area contributed by atoms with Gasteiger partial charge in [-0.25, -0.2) is 4.39 Å². The molecule has 15 heavy (non-hydrogen) atoms. The third kappa shape index (κ3) is 2.59. The Balaban J connectivity index is 1.94. The number of halogens is 1. The molecule has 4 N–H and O–H groups in total. The van der Waals surface area contributed by atoms with Crippen LogP contribution in [0.2, 0.25) is 0 Å². The van der Waals surface area contributed by atoms with Crippen LogP contribution in [0.3, 0.4) is 0 Å². The highest BCUT2D eigenvalue weighted by Gasteiger charge is 2.29. The Morgan fingerprint density at radius 1 is 1.53 bits per heavy atom. The molecular weight excluding hydrogens is 195 g/mol. The van der Waals surface area contributed by atoms with Gasteiger partial charge in [-0.1, -0.05) is 0 Å². The first-order valence-electron chi connectivity index (χ1n) is 5.14. The number of rotatable bonds is 4. The SMILES string of the molecule is Nc1ccc(F)cc1NCC(O)C1CC1. The van der Waals surface area contributed by atoms with Gasteiger partial charge < -0.3 is 16.2 Å². The molecule has 0 heterocycles. The smallest absolute Gasteiger partial charge is 0.125 e. The van der Waals surface area contributed by atoms with Crippen molar-refractivity contribution in [3.05, 3.63) is 24.0 Å². The highest BCUT2D eigenvalue weighted by molar-refractivity contribution is 5.65. The van der Waals surface area contributed by atoms with Crippen LogP contribution in [0.5, 0.6) is 0 Å². The summed E-state index contributed by atoms with van der Waals surface area (Å²) in [5.74, 6) is 0.0832. The molecule has 2 rings (SSSR count). The molecule has 0 radical (unpaired) electrons. The van der Waals surface area contributed by atoms with Gasteiger partial charge in [0.15, 0.2) is 0 Å². The number of nitrogen functional groups attached to an aromatic ring is 1. The Morgan fingerprint density at radius 2 is 2.27 bits per heavy atom. The summed E-state index contributed by atoms with van der Waals surface area (Å²) in [5.41, 5.74) is 6.71. The molecule has 3 nitrogen and oxygen atoms in total. The molecule has 4 heteroatoms. The molecule has 0 amide bonds. The van der Waals surface area contributed by atoms with Crippen molar-refractivity contribution < 1.29 is 9.50 Å². The van der Waals surface area contributed by atoms with E-state index >= 15 is 0 Å². The molecule has 0 spiro atoms. The maximum atomic E-state index is 12.9. The summed E-state index contributed by atoms with van der Waals surface area (Å²) in [4.78, 5) is 0. The van der Waals surface area contributed by atoms with E-state index in [1.54, 1.807) is 0 Å². The van der Waals surface area contributed by atoms with Crippen molar-refractivity contribution in [1.82, 2.24) is 0 Å². The average Bonchev–Trinajstić information content (AvgIpc) is 3.02. The van der Waals surface area contributed by atoms with Crippen LogP contribution in [-0.2, 0) is 0 Å². The molecule has 0 saturated heterocycles. The lowest BCUT2D eigenvalue weighted by molar-refractivity contribution is 0.164. The van der Waals surface area contributed by atoms with Crippen LogP contribution in [0.1, 0.15) is 12.8 Å². The second kappa shape index (κ2) is 4.06. The molecule has 1 aromatic carbocycles. The Labute approximate surface area is 88.1 Å². The van der Waals surface area contributed by atoms with E-state index in [9.17, 15) is 9.50 Å². The third-order valence-electron chi connectivity index (χ3n) is 2.68. The zero-order valence-electron chi connectivity index (χ0n) is 8.41. The van der Waals surface area contributed by atoms with Crippen LogP contribution in [0.15, 0.2) is 18.2 Å². The van der Waals surface area contributed by atoms with Crippen LogP contribution < -0.4 is 11.1 Å². The highest BCUT2D eigenvalue weighted by Crippen LogP contribution is 2.32. The van der Waals surface area contributed by atoms with E-state index in [0.717, 1.165) is 12.8 Å². The Bertz CT molecular complexity index is 352. The molecule has 0 aromatic heterocycles. The summed E-state index contributed by atoms with van der Waals surface area (Å²) in [7, 11) is 0. The maximum Gasteiger partial charge on any atom is 0.125 e. The lowest BCUT2D eigenvalue weighted by Crippen LogP contribution is -2.21. The number of aliphatic hydroxyl groups is 1. The summed E-state index contributed by atoms with van der Waals surface area (Å²) >= 11 is 0. The fraction of sp³-hybridized carbons (Fsp3) is 0.455. The topological polar surface area (TPSA) is 58.3 Å². The van der Waals surface area contributed by atoms with Crippen molar-refractivity contribution in [3.8, 4) is 0 Å². The van der Waals surface area contributed by atoms with E-state index in [2.05, 4.69) is 5.32 Å². The molecule has 82 valence electrons. The Hall–Kier alpha value is -1.29. The van der Waals surface area contributed by atoms with E-state index in [4.69, 9.17) is 5.73 Å². The number of anilines is 2. The second-order valence-electron chi connectivity index (χ2n) is 4.02. The van der Waals surface area contributed by atoms with Gasteiger partial charge in [-0.3, -0.25) is 0 Å². The first kappa shape index (κ1) is 10.2. The van der Waals surface area contributed by atoms with Crippen LogP contribution in [-0.4, -0.2) is 17.8 Å². The third-order valence-corrected chi connectivity index (χ3v) is 2.68. The van der Waals surface area contributed by atoms with Gasteiger partial charge in [0.1, 0.15) is 5.82 Å². The van der Waals surface area contributed by atoms with Gasteiger partial charge >= 0.3 is 0 Å². The molecule has 1 aromatic rings. The summed E-state index contributed by atoms with van der Waals surface area (Å²) in [6.07, 6.45) is 1.82. The molecule has 1 fully saturated rings. The quantitative estimate of drug-likeness (QED) is 0.661. The van der Waals surface area contributed by atoms with Crippen molar-refractivity contribution >= 4 is 11.4 Å². The molecule has 1 aliphatic carbocycles. The van der Waals surface area contributed by atoms with Gasteiger partial charge in [0, 0.05) is 6.54 Å². The average molecular weight is 210 g/mol. The second-order valence-corrected chi connectivity index (χ2v) is 4.02. The fourth-order valence-corrected chi connectivity index (χ4v) is 1.54. The Morgan fingerprint density at radius 3 is 2.93 bits per heavy atom. The minimum absolute atomic E-state index is 0.326. The lowest BCUT2D eigenvalue weighted by atomic mass is 10.2. The fourth-order valence-electron chi connectivity index (χ4n) is 1.54. The summed E-state index contributed by atoms with van der Waals surface area (Å²) in [6.45, 7) is 0.429. The normalized spacial score (nSPS) is 17.5. The molecule has 0 aliphatic heterocycles. The lowest BCUT2D eigenvalue weighted by Gasteiger charge is -2.13. The van der Waals surface area contributed by atoms with Crippen LogP contribution in [0, 0.1) is 11.7 Å². The summed E-state index contributed by atoms with van der Waals surface area (Å²) in [6, 6.07) is 4.17. The standard InChI is InChI=1S/C11H15FN2O/c12-8-3-4-9(13)10(5-8)14-6-11(15)7-1-2-7/h3-5,7,11,14-15H,1-2,6,13H2. The largest absolute Gasteiger partial charge is 0.397 e. The van der Waals surface area contributed by atoms with E-state index < -0.39 is 0 Å². The predicted octanol–water partition coefficient (Wildman–Crippen LogP) is 1.59. The van der Waals surface area contributed by atoms with Gasteiger partial charge in [0.2, 0.25) is 0 Å². The number of nitrogens with one attached hydrogen (secondary N) is 1. The van der Waals surface area contributed by atoms with E-state index in [0.29, 0.717) is 23.8 Å². The predicted molar refractivity (Wildman–Crippen MR) is 58.0 cm³/mol. The number of hydrogen-bond acceptors (Lipinski definition) is 3. The number of nitrogens with two attached hydrogens (primary N) is 1. The van der Waals surface area contributed by atoms with Crippen molar-refractivity contribution in [2.45, 2.75) is 18.9 Å². The number of hydrogen-bond donors (Lipinski definition) is 3. The highest BCUT2D eigenvalue weighted by atomic mass is 19.1. The molecule has 1 unspecified atom stereocenters. The van der Waals surface area contributed by atoms with Gasteiger partial charge in [-0.05, 0) is 37.0 Å². The van der Waals surface area contributed by atoms with Gasteiger partial charge in [-0.15, -0.1) is 0 Å². The van der Waals surface area contributed by atoms with Gasteiger partial charge in [-0.2, -0.15) is 0 Å². The summed E-state index contributed by atoms with van der Waals surface area (Å²) < 4.78 is 12.9. The zero-order valence-corrected chi connectivity index (χ0v) is 8.41. The van der Waals surface area contributed by atoms with Crippen molar-refractivity contribution in [2.75, 3.05) is 17.6 Å². The maximum absolute atomic E-state index is 12.9. The molecule has 1 saturated carbocycles. The van der Waals surface area contributed by atoms with Crippen molar-refractivity contribution in [2.24, 2.45) is 5.92 Å². The van der Waals surface area contributed by atoms with Crippen molar-refractivity contribution in [3.63, 3.8) is 0 Å². The van der Waals surface area contributed by atoms with Crippen LogP contribution in [0.4, 0.5) is 15.8 Å². The van der Waals surface area contributed by atoms with E-state index in [1.165, 1.54) is 18.2 Å². The van der Waals surface area contributed by atoms with Gasteiger partial charge in [0.05, 0.1) is 17.5 Å².